The SMILES string of the molecule is CN(Cc1ccccc1)C1=C(c2ccccc2)C(=O)N(c2ccccc2)C1=O. The largest absolute Gasteiger partial charge is 0.365 e. The Bertz CT molecular complexity index is 1030. The first-order chi connectivity index (χ1) is 13.7. The predicted octanol–water partition coefficient (Wildman–Crippen LogP) is 4.10. The molecule has 0 aliphatic carbocycles. The molecular weight excluding hydrogens is 348 g/mol. The molecule has 2 amide bonds. The van der Waals surface area contributed by atoms with E-state index in [1.165, 1.54) is 4.90 Å². The number of hydrogen-bond acceptors (Lipinski definition) is 3. The van der Waals surface area contributed by atoms with Crippen LogP contribution in [0.25, 0.3) is 5.57 Å². The van der Waals surface area contributed by atoms with Crippen LogP contribution in [-0.4, -0.2) is 23.8 Å². The van der Waals surface area contributed by atoms with Gasteiger partial charge in [0.2, 0.25) is 0 Å². The van der Waals surface area contributed by atoms with Gasteiger partial charge in [0, 0.05) is 13.6 Å². The van der Waals surface area contributed by atoms with E-state index in [0.717, 1.165) is 11.1 Å². The molecule has 0 radical (unpaired) electrons. The van der Waals surface area contributed by atoms with Crippen molar-refractivity contribution >= 4 is 23.1 Å². The number of hydrogen-bond donors (Lipinski definition) is 0. The minimum atomic E-state index is -0.298. The molecule has 0 bridgehead atoms. The van der Waals surface area contributed by atoms with E-state index < -0.39 is 0 Å². The molecule has 1 aliphatic heterocycles. The zero-order valence-electron chi connectivity index (χ0n) is 15.6. The summed E-state index contributed by atoms with van der Waals surface area (Å²) in [6.07, 6.45) is 0. The van der Waals surface area contributed by atoms with Gasteiger partial charge in [-0.1, -0.05) is 78.9 Å². The Morgan fingerprint density at radius 3 is 1.86 bits per heavy atom. The van der Waals surface area contributed by atoms with Gasteiger partial charge in [-0.3, -0.25) is 9.59 Å². The molecule has 0 aromatic heterocycles. The summed E-state index contributed by atoms with van der Waals surface area (Å²) in [4.78, 5) is 29.8. The summed E-state index contributed by atoms with van der Waals surface area (Å²) in [6, 6.07) is 28.4. The van der Waals surface area contributed by atoms with Crippen LogP contribution in [0.4, 0.5) is 5.69 Å². The number of nitrogens with zero attached hydrogens (tertiary/aromatic N) is 2. The Labute approximate surface area is 164 Å². The molecule has 0 saturated heterocycles. The normalized spacial score (nSPS) is 14.0. The Morgan fingerprint density at radius 1 is 0.714 bits per heavy atom. The molecule has 28 heavy (non-hydrogen) atoms. The number of rotatable bonds is 5. The molecule has 3 aromatic rings. The standard InChI is InChI=1S/C24H20N2O2/c1-25(17-18-11-5-2-6-12-18)22-21(19-13-7-3-8-14-19)23(27)26(24(22)28)20-15-9-4-10-16-20/h2-16H,17H2,1H3. The minimum absolute atomic E-state index is 0.294. The van der Waals surface area contributed by atoms with E-state index in [1.54, 1.807) is 12.1 Å². The third-order valence-corrected chi connectivity index (χ3v) is 4.78. The Kier molecular flexibility index (Phi) is 4.77. The molecule has 1 heterocycles. The average molecular weight is 368 g/mol. The summed E-state index contributed by atoms with van der Waals surface area (Å²) in [7, 11) is 1.85. The lowest BCUT2D eigenvalue weighted by molar-refractivity contribution is -0.120. The second-order valence-corrected chi connectivity index (χ2v) is 6.71. The van der Waals surface area contributed by atoms with Gasteiger partial charge in [-0.2, -0.15) is 0 Å². The molecule has 0 saturated carbocycles. The number of para-hydroxylation sites is 1. The lowest BCUT2D eigenvalue weighted by Gasteiger charge is -2.21. The Morgan fingerprint density at radius 2 is 1.25 bits per heavy atom. The number of carbonyl (C=O) groups excluding carboxylic acids is 2. The minimum Gasteiger partial charge on any atom is -0.365 e. The van der Waals surface area contributed by atoms with Crippen molar-refractivity contribution in [1.82, 2.24) is 4.90 Å². The van der Waals surface area contributed by atoms with E-state index in [0.29, 0.717) is 23.5 Å². The molecule has 0 atom stereocenters. The number of carbonyl (C=O) groups is 2. The maximum atomic E-state index is 13.3. The Hall–Kier alpha value is -3.66. The molecule has 3 aromatic carbocycles. The highest BCUT2D eigenvalue weighted by molar-refractivity contribution is 6.45. The highest BCUT2D eigenvalue weighted by Crippen LogP contribution is 2.34. The van der Waals surface area contributed by atoms with Gasteiger partial charge in [0.1, 0.15) is 5.70 Å². The van der Waals surface area contributed by atoms with E-state index in [4.69, 9.17) is 0 Å². The summed E-state index contributed by atoms with van der Waals surface area (Å²) in [5, 5.41) is 0. The van der Waals surface area contributed by atoms with Gasteiger partial charge >= 0.3 is 0 Å². The highest BCUT2D eigenvalue weighted by Gasteiger charge is 2.41. The summed E-state index contributed by atoms with van der Waals surface area (Å²) in [6.45, 7) is 0.536. The average Bonchev–Trinajstić information content (AvgIpc) is 3.00. The highest BCUT2D eigenvalue weighted by atomic mass is 16.2. The van der Waals surface area contributed by atoms with Gasteiger partial charge in [-0.15, -0.1) is 0 Å². The maximum Gasteiger partial charge on any atom is 0.282 e. The molecule has 4 nitrogen and oxygen atoms in total. The van der Waals surface area contributed by atoms with Crippen molar-refractivity contribution in [3.8, 4) is 0 Å². The number of benzene rings is 3. The first-order valence-electron chi connectivity index (χ1n) is 9.15. The lowest BCUT2D eigenvalue weighted by atomic mass is 10.0. The fourth-order valence-corrected chi connectivity index (χ4v) is 3.49. The first kappa shape index (κ1) is 17.7. The summed E-state index contributed by atoms with van der Waals surface area (Å²) < 4.78 is 0. The van der Waals surface area contributed by atoms with E-state index in [9.17, 15) is 9.59 Å². The van der Waals surface area contributed by atoms with E-state index in [1.807, 2.05) is 90.8 Å². The van der Waals surface area contributed by atoms with Crippen LogP contribution in [0.15, 0.2) is 96.7 Å². The number of amides is 2. The maximum absolute atomic E-state index is 13.3. The third-order valence-electron chi connectivity index (χ3n) is 4.78. The Balaban J connectivity index is 1.79. The monoisotopic (exact) mass is 368 g/mol. The van der Waals surface area contributed by atoms with E-state index in [-0.39, 0.29) is 11.8 Å². The molecule has 138 valence electrons. The number of imide groups is 1. The van der Waals surface area contributed by atoms with Crippen LogP contribution in [0.3, 0.4) is 0 Å². The topological polar surface area (TPSA) is 40.6 Å². The molecule has 4 heteroatoms. The molecule has 1 aliphatic rings. The third kappa shape index (κ3) is 3.21. The second kappa shape index (κ2) is 7.53. The predicted molar refractivity (Wildman–Crippen MR) is 110 cm³/mol. The van der Waals surface area contributed by atoms with Crippen molar-refractivity contribution in [1.29, 1.82) is 0 Å². The first-order valence-corrected chi connectivity index (χ1v) is 9.15. The van der Waals surface area contributed by atoms with Crippen LogP contribution in [0.1, 0.15) is 11.1 Å². The van der Waals surface area contributed by atoms with Crippen molar-refractivity contribution in [3.63, 3.8) is 0 Å². The van der Waals surface area contributed by atoms with Crippen LogP contribution in [0, 0.1) is 0 Å². The van der Waals surface area contributed by atoms with E-state index in [2.05, 4.69) is 0 Å². The zero-order chi connectivity index (χ0) is 19.5. The van der Waals surface area contributed by atoms with Gasteiger partial charge < -0.3 is 4.90 Å². The fourth-order valence-electron chi connectivity index (χ4n) is 3.49. The van der Waals surface area contributed by atoms with Crippen molar-refractivity contribution in [2.24, 2.45) is 0 Å². The molecular formula is C24H20N2O2. The van der Waals surface area contributed by atoms with Crippen LogP contribution >= 0.6 is 0 Å². The summed E-state index contributed by atoms with van der Waals surface area (Å²) >= 11 is 0. The lowest BCUT2D eigenvalue weighted by Crippen LogP contribution is -2.34. The smallest absolute Gasteiger partial charge is 0.282 e. The molecule has 0 fully saturated rings. The van der Waals surface area contributed by atoms with Gasteiger partial charge in [0.25, 0.3) is 11.8 Å². The van der Waals surface area contributed by atoms with Crippen LogP contribution < -0.4 is 4.90 Å². The number of anilines is 1. The molecule has 0 N–H and O–H groups in total. The zero-order valence-corrected chi connectivity index (χ0v) is 15.6. The summed E-state index contributed by atoms with van der Waals surface area (Å²) in [5.74, 6) is -0.592. The van der Waals surface area contributed by atoms with Gasteiger partial charge in [0.15, 0.2) is 0 Å². The molecule has 0 spiro atoms. The second-order valence-electron chi connectivity index (χ2n) is 6.71. The van der Waals surface area contributed by atoms with Crippen LogP contribution in [-0.2, 0) is 16.1 Å². The van der Waals surface area contributed by atoms with Gasteiger partial charge in [-0.05, 0) is 23.3 Å². The fraction of sp³-hybridized carbons (Fsp3) is 0.0833. The van der Waals surface area contributed by atoms with Crippen LogP contribution in [0.5, 0.6) is 0 Å². The van der Waals surface area contributed by atoms with Gasteiger partial charge in [0.05, 0.1) is 11.3 Å². The van der Waals surface area contributed by atoms with Gasteiger partial charge in [-0.25, -0.2) is 4.90 Å². The number of likely N-dealkylation sites (N-methyl/N-ethyl adjacent to an activating group) is 1. The van der Waals surface area contributed by atoms with Crippen molar-refractivity contribution in [3.05, 3.63) is 108 Å². The van der Waals surface area contributed by atoms with E-state index >= 15 is 0 Å². The van der Waals surface area contributed by atoms with Crippen molar-refractivity contribution < 1.29 is 9.59 Å². The van der Waals surface area contributed by atoms with Crippen molar-refractivity contribution in [2.45, 2.75) is 6.54 Å². The molecule has 0 unspecified atom stereocenters. The van der Waals surface area contributed by atoms with Crippen molar-refractivity contribution in [2.75, 3.05) is 11.9 Å². The quantitative estimate of drug-likeness (QED) is 0.637. The van der Waals surface area contributed by atoms with Crippen LogP contribution in [0.2, 0.25) is 0 Å². The molecule has 4 rings (SSSR count). The summed E-state index contributed by atoms with van der Waals surface area (Å²) in [5.41, 5.74) is 3.25.